The maximum absolute atomic E-state index is 13.5. The molecule has 2 rings (SSSR count). The van der Waals surface area contributed by atoms with E-state index in [1.165, 1.54) is 31.5 Å². The van der Waals surface area contributed by atoms with E-state index in [0.29, 0.717) is 20.6 Å². The Hall–Kier alpha value is -3.22. The van der Waals surface area contributed by atoms with Crippen LogP contribution in [0.4, 0.5) is 10.1 Å². The van der Waals surface area contributed by atoms with Gasteiger partial charge in [-0.15, -0.1) is 0 Å². The number of amides is 2. The van der Waals surface area contributed by atoms with Crippen molar-refractivity contribution < 1.29 is 33.0 Å². The second-order valence-electron chi connectivity index (χ2n) is 6.13. The summed E-state index contributed by atoms with van der Waals surface area (Å²) >= 11 is 2.01. The summed E-state index contributed by atoms with van der Waals surface area (Å²) in [5.74, 6) is -1.73. The van der Waals surface area contributed by atoms with Gasteiger partial charge in [0.2, 0.25) is 11.8 Å². The lowest BCUT2D eigenvalue weighted by Gasteiger charge is -2.13. The van der Waals surface area contributed by atoms with Gasteiger partial charge in [-0.1, -0.05) is 12.1 Å². The Balaban J connectivity index is 1.93. The van der Waals surface area contributed by atoms with Crippen molar-refractivity contribution in [3.63, 3.8) is 0 Å². The molecule has 0 aliphatic rings. The summed E-state index contributed by atoms with van der Waals surface area (Å²) in [6.07, 6.45) is 0.819. The van der Waals surface area contributed by atoms with Gasteiger partial charge in [-0.2, -0.15) is 5.10 Å². The third kappa shape index (κ3) is 7.80. The molecular weight excluding hydrogens is 536 g/mol. The Kier molecular flexibility index (Phi) is 9.85. The molecule has 2 aromatic carbocycles. The molecule has 0 aliphatic heterocycles. The monoisotopic (exact) mass is 557 g/mol. The molecule has 0 saturated heterocycles. The fraction of sp³-hybridized carbons (Fsp3) is 0.238. The Bertz CT molecular complexity index is 1020. The fourth-order valence-corrected chi connectivity index (χ4v) is 3.19. The number of anilines is 1. The van der Waals surface area contributed by atoms with Crippen molar-refractivity contribution in [2.24, 2.45) is 5.10 Å². The Morgan fingerprint density at radius 2 is 1.94 bits per heavy atom. The third-order valence-electron chi connectivity index (χ3n) is 3.76. The molecule has 2 aromatic rings. The number of carbonyl (C=O) groups is 3. The molecule has 0 unspecified atom stereocenters. The first-order valence-electron chi connectivity index (χ1n) is 9.36. The van der Waals surface area contributed by atoms with Crippen LogP contribution in [0, 0.1) is 9.39 Å². The molecule has 11 heteroatoms. The van der Waals surface area contributed by atoms with Crippen LogP contribution in [0.3, 0.4) is 0 Å². The van der Waals surface area contributed by atoms with E-state index in [2.05, 4.69) is 15.8 Å². The minimum Gasteiger partial charge on any atom is -0.493 e. The van der Waals surface area contributed by atoms with Crippen LogP contribution >= 0.6 is 22.6 Å². The van der Waals surface area contributed by atoms with Crippen molar-refractivity contribution in [3.8, 4) is 11.5 Å². The molecule has 0 bridgehead atoms. The first kappa shape index (κ1) is 25.0. The molecule has 0 fully saturated rings. The number of hydrazone groups is 1. The van der Waals surface area contributed by atoms with Crippen molar-refractivity contribution in [1.82, 2.24) is 5.43 Å². The first-order chi connectivity index (χ1) is 15.3. The Morgan fingerprint density at radius 3 is 2.62 bits per heavy atom. The van der Waals surface area contributed by atoms with Crippen LogP contribution in [0.25, 0.3) is 0 Å². The average Bonchev–Trinajstić information content (AvgIpc) is 2.74. The number of hydrogen-bond donors (Lipinski definition) is 2. The van der Waals surface area contributed by atoms with Gasteiger partial charge >= 0.3 is 5.97 Å². The molecule has 0 spiro atoms. The van der Waals surface area contributed by atoms with Gasteiger partial charge in [-0.25, -0.2) is 14.6 Å². The van der Waals surface area contributed by atoms with Gasteiger partial charge in [0.15, 0.2) is 18.1 Å². The quantitative estimate of drug-likeness (QED) is 0.153. The summed E-state index contributed by atoms with van der Waals surface area (Å²) in [4.78, 5) is 35.3. The number of rotatable bonds is 10. The van der Waals surface area contributed by atoms with Gasteiger partial charge in [-0.05, 0) is 59.3 Å². The number of nitrogens with one attached hydrogen (secondary N) is 2. The van der Waals surface area contributed by atoms with Crippen molar-refractivity contribution in [2.45, 2.75) is 13.3 Å². The number of nitrogens with zero attached hydrogens (tertiary/aromatic N) is 1. The number of halogens is 2. The molecule has 0 saturated carbocycles. The van der Waals surface area contributed by atoms with Crippen molar-refractivity contribution in [3.05, 3.63) is 51.3 Å². The van der Waals surface area contributed by atoms with Crippen LogP contribution < -0.4 is 20.2 Å². The largest absolute Gasteiger partial charge is 0.493 e. The lowest BCUT2D eigenvalue weighted by atomic mass is 10.2. The van der Waals surface area contributed by atoms with Crippen LogP contribution in [0.1, 0.15) is 18.9 Å². The van der Waals surface area contributed by atoms with Gasteiger partial charge in [-0.3, -0.25) is 9.59 Å². The highest BCUT2D eigenvalue weighted by Gasteiger charge is 2.14. The lowest BCUT2D eigenvalue weighted by molar-refractivity contribution is -0.145. The highest BCUT2D eigenvalue weighted by atomic mass is 127. The zero-order valence-electron chi connectivity index (χ0n) is 17.3. The number of hydrogen-bond acceptors (Lipinski definition) is 7. The molecule has 0 aromatic heterocycles. The predicted octanol–water partition coefficient (Wildman–Crippen LogP) is 2.86. The van der Waals surface area contributed by atoms with E-state index in [-0.39, 0.29) is 18.9 Å². The van der Waals surface area contributed by atoms with E-state index >= 15 is 0 Å². The number of ether oxygens (including phenoxy) is 3. The summed E-state index contributed by atoms with van der Waals surface area (Å²) in [5.41, 5.74) is 2.79. The lowest BCUT2D eigenvalue weighted by Crippen LogP contribution is -2.25. The minimum atomic E-state index is -0.679. The highest BCUT2D eigenvalue weighted by Crippen LogP contribution is 2.33. The second kappa shape index (κ2) is 12.6. The molecule has 170 valence electrons. The zero-order chi connectivity index (χ0) is 23.5. The predicted molar refractivity (Wildman–Crippen MR) is 123 cm³/mol. The molecule has 32 heavy (non-hydrogen) atoms. The maximum atomic E-state index is 13.5. The molecule has 9 nitrogen and oxygen atoms in total. The second-order valence-corrected chi connectivity index (χ2v) is 7.29. The van der Waals surface area contributed by atoms with E-state index in [9.17, 15) is 18.8 Å². The van der Waals surface area contributed by atoms with Gasteiger partial charge < -0.3 is 19.5 Å². The molecule has 2 N–H and O–H groups in total. The van der Waals surface area contributed by atoms with E-state index in [1.54, 1.807) is 25.1 Å². The van der Waals surface area contributed by atoms with Crippen molar-refractivity contribution in [2.75, 3.05) is 25.6 Å². The summed E-state index contributed by atoms with van der Waals surface area (Å²) in [6, 6.07) is 8.93. The van der Waals surface area contributed by atoms with E-state index in [4.69, 9.17) is 14.2 Å². The topological polar surface area (TPSA) is 115 Å². The summed E-state index contributed by atoms with van der Waals surface area (Å²) in [5, 5.41) is 6.13. The number of carbonyl (C=O) groups excluding carboxylic acids is 3. The first-order valence-corrected chi connectivity index (χ1v) is 10.4. The Morgan fingerprint density at radius 1 is 1.19 bits per heavy atom. The maximum Gasteiger partial charge on any atom is 0.344 e. The third-order valence-corrected chi connectivity index (χ3v) is 4.56. The minimum absolute atomic E-state index is 0.0132. The van der Waals surface area contributed by atoms with Crippen LogP contribution in [0.2, 0.25) is 0 Å². The molecule has 0 aliphatic carbocycles. The standard InChI is InChI=1S/C21H21FIN3O6/c1-3-31-20(29)12-32-21-15(23)8-13(9-17(21)30-2)11-24-26-19(28)10-18(27)25-16-7-5-4-6-14(16)22/h4-9,11H,3,10,12H2,1-2H3,(H,25,27)(H,26,28). The SMILES string of the molecule is CCOC(=O)COc1c(I)cc(C=NNC(=O)CC(=O)Nc2ccccc2F)cc1OC. The summed E-state index contributed by atoms with van der Waals surface area (Å²) in [7, 11) is 1.44. The summed E-state index contributed by atoms with van der Waals surface area (Å²) < 4.78 is 29.8. The number of benzene rings is 2. The number of para-hydroxylation sites is 1. The average molecular weight is 557 g/mol. The van der Waals surface area contributed by atoms with E-state index < -0.39 is 30.0 Å². The molecule has 0 heterocycles. The van der Waals surface area contributed by atoms with Crippen molar-refractivity contribution in [1.29, 1.82) is 0 Å². The van der Waals surface area contributed by atoms with Gasteiger partial charge in [0.05, 0.1) is 29.2 Å². The van der Waals surface area contributed by atoms with E-state index in [1.807, 2.05) is 22.6 Å². The van der Waals surface area contributed by atoms with Gasteiger partial charge in [0.1, 0.15) is 12.2 Å². The van der Waals surface area contributed by atoms with Crippen LogP contribution in [-0.4, -0.2) is 44.3 Å². The normalized spacial score (nSPS) is 10.5. The molecular formula is C21H21FIN3O6. The number of esters is 1. The van der Waals surface area contributed by atoms with Gasteiger partial charge in [0.25, 0.3) is 0 Å². The van der Waals surface area contributed by atoms with Crippen molar-refractivity contribution >= 4 is 52.3 Å². The smallest absolute Gasteiger partial charge is 0.344 e. The van der Waals surface area contributed by atoms with Crippen LogP contribution in [0.5, 0.6) is 11.5 Å². The highest BCUT2D eigenvalue weighted by molar-refractivity contribution is 14.1. The number of methoxy groups -OCH3 is 1. The van der Waals surface area contributed by atoms with Crippen LogP contribution in [-0.2, 0) is 19.1 Å². The molecule has 0 atom stereocenters. The zero-order valence-corrected chi connectivity index (χ0v) is 19.5. The Labute approximate surface area is 197 Å². The van der Waals surface area contributed by atoms with E-state index in [0.717, 1.165) is 0 Å². The molecule has 2 amide bonds. The molecule has 0 radical (unpaired) electrons. The fourth-order valence-electron chi connectivity index (χ4n) is 2.41. The summed E-state index contributed by atoms with van der Waals surface area (Å²) in [6.45, 7) is 1.69. The van der Waals surface area contributed by atoms with Crippen LogP contribution in [0.15, 0.2) is 41.5 Å². The van der Waals surface area contributed by atoms with Gasteiger partial charge in [0, 0.05) is 0 Å².